The minimum Gasteiger partial charge on any atom is -0.394 e. The molecule has 0 amide bonds. The van der Waals surface area contributed by atoms with Crippen molar-refractivity contribution in [2.45, 2.75) is 32.5 Å². The van der Waals surface area contributed by atoms with Crippen LogP contribution in [0, 0.1) is 0 Å². The third-order valence-corrected chi connectivity index (χ3v) is 1.96. The van der Waals surface area contributed by atoms with Crippen molar-refractivity contribution in [2.24, 2.45) is 0 Å². The first-order valence-electron chi connectivity index (χ1n) is 5.09. The van der Waals surface area contributed by atoms with E-state index >= 15 is 0 Å². The molecular formula is C10H22O4. The molecule has 86 valence electrons. The molecule has 4 nitrogen and oxygen atoms in total. The summed E-state index contributed by atoms with van der Waals surface area (Å²) >= 11 is 0. The lowest BCUT2D eigenvalue weighted by molar-refractivity contribution is -0.0847. The molecule has 0 aliphatic rings. The second kappa shape index (κ2) is 9.40. The van der Waals surface area contributed by atoms with E-state index in [1.54, 1.807) is 7.11 Å². The average Bonchev–Trinajstić information content (AvgIpc) is 2.18. The van der Waals surface area contributed by atoms with Crippen LogP contribution in [-0.4, -0.2) is 50.9 Å². The molecule has 0 saturated heterocycles. The lowest BCUT2D eigenvalue weighted by Gasteiger charge is -2.22. The smallest absolute Gasteiger partial charge is 0.106 e. The molecule has 0 aromatic rings. The van der Waals surface area contributed by atoms with E-state index in [1.165, 1.54) is 0 Å². The van der Waals surface area contributed by atoms with Gasteiger partial charge in [0.15, 0.2) is 0 Å². The molecule has 0 heterocycles. The Kier molecular flexibility index (Phi) is 9.29. The van der Waals surface area contributed by atoms with Gasteiger partial charge in [-0.05, 0) is 20.3 Å². The summed E-state index contributed by atoms with van der Waals surface area (Å²) in [5.41, 5.74) is 0. The lowest BCUT2D eigenvalue weighted by Crippen LogP contribution is -2.33. The van der Waals surface area contributed by atoms with Gasteiger partial charge in [-0.15, -0.1) is 0 Å². The predicted octanol–water partition coefficient (Wildman–Crippen LogP) is 0.825. The summed E-state index contributed by atoms with van der Waals surface area (Å²) in [4.78, 5) is 0. The molecule has 0 aromatic carbocycles. The molecular weight excluding hydrogens is 184 g/mol. The molecule has 0 saturated carbocycles. The van der Waals surface area contributed by atoms with Crippen molar-refractivity contribution in [3.8, 4) is 0 Å². The van der Waals surface area contributed by atoms with Gasteiger partial charge in [0.2, 0.25) is 0 Å². The fraction of sp³-hybridized carbons (Fsp3) is 1.00. The highest BCUT2D eigenvalue weighted by Crippen LogP contribution is 2.03. The standard InChI is InChI=1S/C10H22O4/c1-4-13-9(2)10(8-11)14-7-5-6-12-3/h9-11H,4-8H2,1-3H3. The van der Waals surface area contributed by atoms with Crippen LogP contribution in [0.1, 0.15) is 20.3 Å². The van der Waals surface area contributed by atoms with Gasteiger partial charge in [-0.25, -0.2) is 0 Å². The normalized spacial score (nSPS) is 15.4. The maximum atomic E-state index is 9.04. The van der Waals surface area contributed by atoms with Crippen LogP contribution < -0.4 is 0 Å². The van der Waals surface area contributed by atoms with Crippen molar-refractivity contribution < 1.29 is 19.3 Å². The van der Waals surface area contributed by atoms with Gasteiger partial charge in [0.1, 0.15) is 6.10 Å². The van der Waals surface area contributed by atoms with Gasteiger partial charge in [0, 0.05) is 26.9 Å². The first kappa shape index (κ1) is 13.8. The molecule has 0 radical (unpaired) electrons. The van der Waals surface area contributed by atoms with Crippen molar-refractivity contribution in [3.05, 3.63) is 0 Å². The van der Waals surface area contributed by atoms with Gasteiger partial charge < -0.3 is 19.3 Å². The fourth-order valence-electron chi connectivity index (χ4n) is 1.14. The zero-order valence-electron chi connectivity index (χ0n) is 9.36. The third-order valence-electron chi connectivity index (χ3n) is 1.96. The maximum Gasteiger partial charge on any atom is 0.106 e. The summed E-state index contributed by atoms with van der Waals surface area (Å²) in [6.07, 6.45) is 0.547. The second-order valence-corrected chi connectivity index (χ2v) is 3.10. The topological polar surface area (TPSA) is 47.9 Å². The van der Waals surface area contributed by atoms with Gasteiger partial charge in [0.05, 0.1) is 12.7 Å². The molecule has 0 aliphatic heterocycles. The van der Waals surface area contributed by atoms with Crippen LogP contribution in [0.15, 0.2) is 0 Å². The molecule has 1 N–H and O–H groups in total. The largest absolute Gasteiger partial charge is 0.394 e. The van der Waals surface area contributed by atoms with Crippen molar-refractivity contribution in [1.29, 1.82) is 0 Å². The number of hydrogen-bond donors (Lipinski definition) is 1. The van der Waals surface area contributed by atoms with E-state index in [-0.39, 0.29) is 18.8 Å². The first-order chi connectivity index (χ1) is 6.76. The molecule has 0 bridgehead atoms. The molecule has 4 heteroatoms. The minimum atomic E-state index is -0.230. The van der Waals surface area contributed by atoms with Gasteiger partial charge in [-0.3, -0.25) is 0 Å². The van der Waals surface area contributed by atoms with Crippen molar-refractivity contribution in [1.82, 2.24) is 0 Å². The van der Waals surface area contributed by atoms with Crippen LogP contribution in [0.5, 0.6) is 0 Å². The van der Waals surface area contributed by atoms with E-state index < -0.39 is 0 Å². The van der Waals surface area contributed by atoms with Gasteiger partial charge in [-0.2, -0.15) is 0 Å². The Labute approximate surface area is 86.2 Å². The average molecular weight is 206 g/mol. The Hall–Kier alpha value is -0.160. The summed E-state index contributed by atoms with van der Waals surface area (Å²) < 4.78 is 15.7. The number of aliphatic hydroxyl groups excluding tert-OH is 1. The molecule has 2 unspecified atom stereocenters. The molecule has 14 heavy (non-hydrogen) atoms. The van der Waals surface area contributed by atoms with E-state index in [2.05, 4.69) is 0 Å². The quantitative estimate of drug-likeness (QED) is 0.568. The highest BCUT2D eigenvalue weighted by molar-refractivity contribution is 4.64. The van der Waals surface area contributed by atoms with Gasteiger partial charge in [-0.1, -0.05) is 0 Å². The van der Waals surface area contributed by atoms with Crippen LogP contribution in [0.2, 0.25) is 0 Å². The fourth-order valence-corrected chi connectivity index (χ4v) is 1.14. The molecule has 0 aliphatic carbocycles. The number of methoxy groups -OCH3 is 1. The van der Waals surface area contributed by atoms with Crippen molar-refractivity contribution >= 4 is 0 Å². The monoisotopic (exact) mass is 206 g/mol. The minimum absolute atomic E-state index is 0.00580. The summed E-state index contributed by atoms with van der Waals surface area (Å²) in [6, 6.07) is 0. The zero-order chi connectivity index (χ0) is 10.8. The van der Waals surface area contributed by atoms with Crippen LogP contribution >= 0.6 is 0 Å². The van der Waals surface area contributed by atoms with Gasteiger partial charge in [0.25, 0.3) is 0 Å². The lowest BCUT2D eigenvalue weighted by atomic mass is 10.2. The van der Waals surface area contributed by atoms with Crippen LogP contribution in [-0.2, 0) is 14.2 Å². The number of ether oxygens (including phenoxy) is 3. The van der Waals surface area contributed by atoms with E-state index in [0.717, 1.165) is 6.42 Å². The SMILES string of the molecule is CCOC(C)C(CO)OCCCOC. The molecule has 2 atom stereocenters. The Morgan fingerprint density at radius 2 is 1.93 bits per heavy atom. The third kappa shape index (κ3) is 6.32. The van der Waals surface area contributed by atoms with Crippen LogP contribution in [0.3, 0.4) is 0 Å². The van der Waals surface area contributed by atoms with E-state index in [9.17, 15) is 0 Å². The Morgan fingerprint density at radius 1 is 1.21 bits per heavy atom. The Morgan fingerprint density at radius 3 is 2.43 bits per heavy atom. The molecule has 0 fully saturated rings. The number of aliphatic hydroxyl groups is 1. The zero-order valence-corrected chi connectivity index (χ0v) is 9.36. The maximum absolute atomic E-state index is 9.04. The summed E-state index contributed by atoms with van der Waals surface area (Å²) in [6.45, 7) is 5.74. The van der Waals surface area contributed by atoms with E-state index in [1.807, 2.05) is 13.8 Å². The predicted molar refractivity (Wildman–Crippen MR) is 54.4 cm³/mol. The number of hydrogen-bond acceptors (Lipinski definition) is 4. The highest BCUT2D eigenvalue weighted by Gasteiger charge is 2.16. The van der Waals surface area contributed by atoms with E-state index in [0.29, 0.717) is 19.8 Å². The summed E-state index contributed by atoms with van der Waals surface area (Å²) in [5, 5.41) is 9.04. The highest BCUT2D eigenvalue weighted by atomic mass is 16.5. The van der Waals surface area contributed by atoms with Crippen molar-refractivity contribution in [2.75, 3.05) is 33.5 Å². The summed E-state index contributed by atoms with van der Waals surface area (Å²) in [7, 11) is 1.66. The number of rotatable bonds is 9. The van der Waals surface area contributed by atoms with Gasteiger partial charge >= 0.3 is 0 Å². The molecule has 0 rings (SSSR count). The second-order valence-electron chi connectivity index (χ2n) is 3.10. The molecule has 0 aromatic heterocycles. The Balaban J connectivity index is 3.56. The molecule has 0 spiro atoms. The van der Waals surface area contributed by atoms with E-state index in [4.69, 9.17) is 19.3 Å². The summed E-state index contributed by atoms with van der Waals surface area (Å²) in [5.74, 6) is 0. The first-order valence-corrected chi connectivity index (χ1v) is 5.09. The van der Waals surface area contributed by atoms with Crippen LogP contribution in [0.25, 0.3) is 0 Å². The Bertz CT molecular complexity index is 119. The van der Waals surface area contributed by atoms with Crippen molar-refractivity contribution in [3.63, 3.8) is 0 Å². The van der Waals surface area contributed by atoms with Crippen LogP contribution in [0.4, 0.5) is 0 Å².